The lowest BCUT2D eigenvalue weighted by molar-refractivity contribution is 0.170. The Morgan fingerprint density at radius 2 is 1.81 bits per heavy atom. The van der Waals surface area contributed by atoms with E-state index < -0.39 is 16.1 Å². The van der Waals surface area contributed by atoms with Crippen molar-refractivity contribution in [1.82, 2.24) is 9.29 Å². The van der Waals surface area contributed by atoms with Gasteiger partial charge in [0.1, 0.15) is 5.75 Å². The number of carbonyl (C=O) groups excluding carboxylic acids is 1. The van der Waals surface area contributed by atoms with Crippen LogP contribution in [0.25, 0.3) is 10.9 Å². The monoisotopic (exact) mass is 388 g/mol. The molecule has 0 aliphatic carbocycles. The Morgan fingerprint density at radius 3 is 2.44 bits per heavy atom. The van der Waals surface area contributed by atoms with E-state index >= 15 is 0 Å². The zero-order valence-electron chi connectivity index (χ0n) is 15.2. The van der Waals surface area contributed by atoms with Crippen molar-refractivity contribution in [1.29, 1.82) is 0 Å². The van der Waals surface area contributed by atoms with Gasteiger partial charge in [0, 0.05) is 18.1 Å². The van der Waals surface area contributed by atoms with Crippen LogP contribution in [0, 0.1) is 6.92 Å². The summed E-state index contributed by atoms with van der Waals surface area (Å²) in [6.07, 6.45) is 0.912. The number of hydrogen-bond donors (Lipinski definition) is 1. The zero-order valence-corrected chi connectivity index (χ0v) is 16.0. The van der Waals surface area contributed by atoms with Crippen LogP contribution in [-0.2, 0) is 21.3 Å². The molecule has 0 unspecified atom stereocenters. The molecule has 0 spiro atoms. The van der Waals surface area contributed by atoms with Crippen molar-refractivity contribution in [2.24, 2.45) is 0 Å². The molecule has 0 saturated heterocycles. The van der Waals surface area contributed by atoms with Crippen LogP contribution in [0.1, 0.15) is 11.1 Å². The quantitative estimate of drug-likeness (QED) is 0.726. The molecule has 3 rings (SSSR count). The van der Waals surface area contributed by atoms with E-state index in [0.717, 1.165) is 5.56 Å². The Balaban J connectivity index is 2.15. The molecule has 0 bridgehead atoms. The van der Waals surface area contributed by atoms with E-state index in [9.17, 15) is 13.2 Å². The number of nitrogens with zero attached hydrogens (tertiary/aromatic N) is 1. The summed E-state index contributed by atoms with van der Waals surface area (Å²) in [4.78, 5) is 11.6. The number of rotatable bonds is 5. The van der Waals surface area contributed by atoms with E-state index in [1.165, 1.54) is 24.4 Å². The van der Waals surface area contributed by atoms with Crippen LogP contribution in [-0.4, -0.2) is 32.7 Å². The summed E-state index contributed by atoms with van der Waals surface area (Å²) in [5, 5.41) is 3.25. The predicted molar refractivity (Wildman–Crippen MR) is 101 cm³/mol. The standard InChI is InChI=1S/C19H20N2O5S/c1-13-4-7-16(8-5-13)27(23,24)21-12-14(11-20-19(22)26-3)17-10-15(25-2)6-9-18(17)21/h4-10,12H,11H2,1-3H3,(H,20,22). The summed E-state index contributed by atoms with van der Waals surface area (Å²) < 4.78 is 37.3. The number of nitrogens with one attached hydrogen (secondary N) is 1. The molecule has 1 heterocycles. The second kappa shape index (κ2) is 7.32. The number of aromatic nitrogens is 1. The lowest BCUT2D eigenvalue weighted by Gasteiger charge is -2.08. The first-order valence-corrected chi connectivity index (χ1v) is 9.63. The van der Waals surface area contributed by atoms with E-state index in [1.807, 2.05) is 6.92 Å². The maximum atomic E-state index is 13.1. The van der Waals surface area contributed by atoms with E-state index in [-0.39, 0.29) is 11.4 Å². The normalized spacial score (nSPS) is 11.4. The summed E-state index contributed by atoms with van der Waals surface area (Å²) in [5.74, 6) is 0.590. The fourth-order valence-corrected chi connectivity index (χ4v) is 4.17. The lowest BCUT2D eigenvalue weighted by atomic mass is 10.1. The van der Waals surface area contributed by atoms with Crippen LogP contribution in [0.15, 0.2) is 53.6 Å². The van der Waals surface area contributed by atoms with Gasteiger partial charge in [0.15, 0.2) is 0 Å². The van der Waals surface area contributed by atoms with Gasteiger partial charge in [-0.25, -0.2) is 17.2 Å². The molecule has 142 valence electrons. The van der Waals surface area contributed by atoms with Gasteiger partial charge in [-0.1, -0.05) is 17.7 Å². The molecule has 3 aromatic rings. The molecule has 0 aliphatic rings. The Hall–Kier alpha value is -3.00. The van der Waals surface area contributed by atoms with E-state index in [2.05, 4.69) is 10.1 Å². The maximum absolute atomic E-state index is 13.1. The van der Waals surface area contributed by atoms with Crippen molar-refractivity contribution in [3.05, 3.63) is 59.8 Å². The molecule has 0 fully saturated rings. The second-order valence-electron chi connectivity index (χ2n) is 6.00. The lowest BCUT2D eigenvalue weighted by Crippen LogP contribution is -2.22. The maximum Gasteiger partial charge on any atom is 0.407 e. The third kappa shape index (κ3) is 3.61. The molecule has 0 saturated carbocycles. The van der Waals surface area contributed by atoms with Crippen molar-refractivity contribution in [3.8, 4) is 5.75 Å². The number of methoxy groups -OCH3 is 2. The SMILES string of the molecule is COC(=O)NCc1cn(S(=O)(=O)c2ccc(C)cc2)c2ccc(OC)cc12. The molecule has 1 N–H and O–H groups in total. The van der Waals surface area contributed by atoms with Crippen molar-refractivity contribution in [3.63, 3.8) is 0 Å². The molecule has 7 nitrogen and oxygen atoms in total. The smallest absolute Gasteiger partial charge is 0.407 e. The average Bonchev–Trinajstić information content (AvgIpc) is 3.05. The minimum atomic E-state index is -3.79. The third-order valence-electron chi connectivity index (χ3n) is 4.25. The number of amides is 1. The van der Waals surface area contributed by atoms with E-state index in [0.29, 0.717) is 22.2 Å². The average molecular weight is 388 g/mol. The highest BCUT2D eigenvalue weighted by molar-refractivity contribution is 7.90. The molecule has 0 atom stereocenters. The third-order valence-corrected chi connectivity index (χ3v) is 5.93. The fraction of sp³-hybridized carbons (Fsp3) is 0.211. The topological polar surface area (TPSA) is 86.6 Å². The minimum absolute atomic E-state index is 0.118. The predicted octanol–water partition coefficient (Wildman–Crippen LogP) is 3.05. The highest BCUT2D eigenvalue weighted by Gasteiger charge is 2.21. The van der Waals surface area contributed by atoms with Gasteiger partial charge in [-0.3, -0.25) is 0 Å². The molecule has 0 aliphatic heterocycles. The molecular formula is C19H20N2O5S. The van der Waals surface area contributed by atoms with Gasteiger partial charge >= 0.3 is 6.09 Å². The number of fused-ring (bicyclic) bond motifs is 1. The largest absolute Gasteiger partial charge is 0.497 e. The van der Waals surface area contributed by atoms with E-state index in [1.54, 1.807) is 42.5 Å². The Labute approximate surface area is 157 Å². The fourth-order valence-electron chi connectivity index (χ4n) is 2.78. The van der Waals surface area contributed by atoms with Crippen LogP contribution in [0.4, 0.5) is 4.79 Å². The highest BCUT2D eigenvalue weighted by Crippen LogP contribution is 2.29. The Kier molecular flexibility index (Phi) is 5.09. The van der Waals surface area contributed by atoms with Crippen LogP contribution in [0.3, 0.4) is 0 Å². The summed E-state index contributed by atoms with van der Waals surface area (Å²) in [6.45, 7) is 2.01. The van der Waals surface area contributed by atoms with Crippen molar-refractivity contribution in [2.75, 3.05) is 14.2 Å². The first kappa shape index (κ1) is 18.8. The number of aryl methyl sites for hydroxylation is 1. The first-order valence-electron chi connectivity index (χ1n) is 8.19. The van der Waals surface area contributed by atoms with Crippen molar-refractivity contribution in [2.45, 2.75) is 18.4 Å². The van der Waals surface area contributed by atoms with Crippen LogP contribution in [0.5, 0.6) is 5.75 Å². The van der Waals surface area contributed by atoms with Gasteiger partial charge in [-0.05, 0) is 42.8 Å². The van der Waals surface area contributed by atoms with E-state index in [4.69, 9.17) is 4.74 Å². The summed E-state index contributed by atoms with van der Waals surface area (Å²) in [7, 11) is -0.991. The molecule has 2 aromatic carbocycles. The first-order chi connectivity index (χ1) is 12.9. The molecule has 1 amide bonds. The molecular weight excluding hydrogens is 368 g/mol. The zero-order chi connectivity index (χ0) is 19.6. The van der Waals surface area contributed by atoms with Gasteiger partial charge < -0.3 is 14.8 Å². The van der Waals surface area contributed by atoms with Gasteiger partial charge in [0.05, 0.1) is 24.6 Å². The number of hydrogen-bond acceptors (Lipinski definition) is 5. The molecule has 27 heavy (non-hydrogen) atoms. The minimum Gasteiger partial charge on any atom is -0.497 e. The summed E-state index contributed by atoms with van der Waals surface area (Å²) in [5.41, 5.74) is 2.10. The van der Waals surface area contributed by atoms with Gasteiger partial charge in [-0.2, -0.15) is 0 Å². The number of benzene rings is 2. The molecule has 1 aromatic heterocycles. The molecule has 8 heteroatoms. The Morgan fingerprint density at radius 1 is 1.11 bits per heavy atom. The van der Waals surface area contributed by atoms with Crippen molar-refractivity contribution < 1.29 is 22.7 Å². The summed E-state index contributed by atoms with van der Waals surface area (Å²) >= 11 is 0. The highest BCUT2D eigenvalue weighted by atomic mass is 32.2. The van der Waals surface area contributed by atoms with Crippen molar-refractivity contribution >= 4 is 27.0 Å². The number of ether oxygens (including phenoxy) is 2. The number of alkyl carbamates (subject to hydrolysis) is 1. The van der Waals surface area contributed by atoms with Gasteiger partial charge in [-0.15, -0.1) is 0 Å². The van der Waals surface area contributed by atoms with Crippen LogP contribution in [0.2, 0.25) is 0 Å². The van der Waals surface area contributed by atoms with Crippen LogP contribution < -0.4 is 10.1 Å². The Bertz CT molecular complexity index is 1090. The second-order valence-corrected chi connectivity index (χ2v) is 7.81. The van der Waals surface area contributed by atoms with Crippen LogP contribution >= 0.6 is 0 Å². The van der Waals surface area contributed by atoms with Gasteiger partial charge in [0.2, 0.25) is 0 Å². The molecule has 0 radical (unpaired) electrons. The summed E-state index contributed by atoms with van der Waals surface area (Å²) in [6, 6.07) is 11.8. The number of carbonyl (C=O) groups is 1. The van der Waals surface area contributed by atoms with Gasteiger partial charge in [0.25, 0.3) is 10.0 Å².